The van der Waals surface area contributed by atoms with Crippen LogP contribution in [0.4, 0.5) is 5.69 Å². The summed E-state index contributed by atoms with van der Waals surface area (Å²) in [4.78, 5) is 23.2. The minimum absolute atomic E-state index is 0.136. The first-order valence-corrected chi connectivity index (χ1v) is 6.78. The van der Waals surface area contributed by atoms with E-state index in [4.69, 9.17) is 4.42 Å². The van der Waals surface area contributed by atoms with E-state index in [1.54, 1.807) is 22.8 Å². The van der Waals surface area contributed by atoms with Crippen LogP contribution in [0.25, 0.3) is 11.1 Å². The molecule has 6 nitrogen and oxygen atoms in total. The van der Waals surface area contributed by atoms with Crippen LogP contribution in [0.5, 0.6) is 0 Å². The molecule has 6 heteroatoms. The zero-order chi connectivity index (χ0) is 14.1. The Morgan fingerprint density at radius 1 is 1.40 bits per heavy atom. The SMILES string of the molecule is CC(=O)Nc1ccc2oc(=O)n(C3CCNCC3)c2c1. The second-order valence-electron chi connectivity index (χ2n) is 5.08. The van der Waals surface area contributed by atoms with E-state index in [2.05, 4.69) is 10.6 Å². The highest BCUT2D eigenvalue weighted by molar-refractivity contribution is 5.91. The van der Waals surface area contributed by atoms with Crippen molar-refractivity contribution in [3.63, 3.8) is 0 Å². The molecular weight excluding hydrogens is 258 g/mol. The predicted molar refractivity (Wildman–Crippen MR) is 75.9 cm³/mol. The van der Waals surface area contributed by atoms with Crippen LogP contribution in [-0.2, 0) is 4.79 Å². The molecule has 0 bridgehead atoms. The molecule has 0 saturated carbocycles. The van der Waals surface area contributed by atoms with E-state index >= 15 is 0 Å². The van der Waals surface area contributed by atoms with Gasteiger partial charge in [0.2, 0.25) is 5.91 Å². The maximum absolute atomic E-state index is 12.1. The number of nitrogens with one attached hydrogen (secondary N) is 2. The average molecular weight is 275 g/mol. The number of carbonyl (C=O) groups is 1. The van der Waals surface area contributed by atoms with E-state index < -0.39 is 0 Å². The van der Waals surface area contributed by atoms with Crippen molar-refractivity contribution in [3.05, 3.63) is 28.7 Å². The zero-order valence-corrected chi connectivity index (χ0v) is 11.3. The van der Waals surface area contributed by atoms with Gasteiger partial charge in [0.1, 0.15) is 0 Å². The molecule has 1 amide bonds. The Bertz CT molecular complexity index is 695. The summed E-state index contributed by atoms with van der Waals surface area (Å²) in [7, 11) is 0. The summed E-state index contributed by atoms with van der Waals surface area (Å²) in [5.41, 5.74) is 1.98. The maximum atomic E-state index is 12.1. The molecule has 1 aromatic carbocycles. The van der Waals surface area contributed by atoms with Crippen LogP contribution in [0.1, 0.15) is 25.8 Å². The van der Waals surface area contributed by atoms with Gasteiger partial charge in [0.25, 0.3) is 0 Å². The molecular formula is C14H17N3O3. The number of oxazole rings is 1. The summed E-state index contributed by atoms with van der Waals surface area (Å²) in [5, 5.41) is 6.01. The minimum Gasteiger partial charge on any atom is -0.408 e. The minimum atomic E-state index is -0.327. The van der Waals surface area contributed by atoms with Crippen molar-refractivity contribution in [3.8, 4) is 0 Å². The number of benzene rings is 1. The number of nitrogens with zero attached hydrogens (tertiary/aromatic N) is 1. The molecule has 0 aliphatic carbocycles. The molecule has 2 aromatic rings. The van der Waals surface area contributed by atoms with Crippen LogP contribution in [-0.4, -0.2) is 23.6 Å². The first-order chi connectivity index (χ1) is 9.65. The highest BCUT2D eigenvalue weighted by atomic mass is 16.4. The van der Waals surface area contributed by atoms with E-state index in [9.17, 15) is 9.59 Å². The van der Waals surface area contributed by atoms with Crippen LogP contribution in [0, 0.1) is 0 Å². The fourth-order valence-electron chi connectivity index (χ4n) is 2.73. The van der Waals surface area contributed by atoms with Gasteiger partial charge in [-0.3, -0.25) is 9.36 Å². The largest absolute Gasteiger partial charge is 0.420 e. The second kappa shape index (κ2) is 5.13. The van der Waals surface area contributed by atoms with Crippen LogP contribution < -0.4 is 16.4 Å². The molecule has 20 heavy (non-hydrogen) atoms. The van der Waals surface area contributed by atoms with Crippen molar-refractivity contribution < 1.29 is 9.21 Å². The standard InChI is InChI=1S/C14H17N3O3/c1-9(18)16-10-2-3-13-12(8-10)17(14(19)20-13)11-4-6-15-7-5-11/h2-3,8,11,15H,4-7H2,1H3,(H,16,18). The lowest BCUT2D eigenvalue weighted by atomic mass is 10.1. The lowest BCUT2D eigenvalue weighted by molar-refractivity contribution is -0.114. The maximum Gasteiger partial charge on any atom is 0.420 e. The quantitative estimate of drug-likeness (QED) is 0.870. The van der Waals surface area contributed by atoms with E-state index in [-0.39, 0.29) is 17.7 Å². The molecule has 1 aromatic heterocycles. The second-order valence-corrected chi connectivity index (χ2v) is 5.08. The number of rotatable bonds is 2. The van der Waals surface area contributed by atoms with Crippen LogP contribution in [0.3, 0.4) is 0 Å². The summed E-state index contributed by atoms with van der Waals surface area (Å²) in [5.74, 6) is -0.463. The number of fused-ring (bicyclic) bond motifs is 1. The highest BCUT2D eigenvalue weighted by Gasteiger charge is 2.21. The van der Waals surface area contributed by atoms with Gasteiger partial charge in [-0.05, 0) is 44.1 Å². The topological polar surface area (TPSA) is 76.3 Å². The van der Waals surface area contributed by atoms with Gasteiger partial charge < -0.3 is 15.1 Å². The van der Waals surface area contributed by atoms with Crippen molar-refractivity contribution in [1.29, 1.82) is 0 Å². The van der Waals surface area contributed by atoms with Gasteiger partial charge >= 0.3 is 5.76 Å². The van der Waals surface area contributed by atoms with E-state index in [1.165, 1.54) is 6.92 Å². The van der Waals surface area contributed by atoms with E-state index in [1.807, 2.05) is 0 Å². The fourth-order valence-corrected chi connectivity index (χ4v) is 2.73. The number of hydrogen-bond donors (Lipinski definition) is 2. The van der Waals surface area contributed by atoms with Gasteiger partial charge in [0.15, 0.2) is 5.58 Å². The Balaban J connectivity index is 2.07. The number of anilines is 1. The van der Waals surface area contributed by atoms with Crippen molar-refractivity contribution in [2.24, 2.45) is 0 Å². The molecule has 0 spiro atoms. The number of piperidine rings is 1. The average Bonchev–Trinajstić information content (AvgIpc) is 2.74. The number of carbonyl (C=O) groups excluding carboxylic acids is 1. The Labute approximate surface area is 115 Å². The lowest BCUT2D eigenvalue weighted by Crippen LogP contribution is -2.32. The molecule has 2 heterocycles. The smallest absolute Gasteiger partial charge is 0.408 e. The summed E-state index contributed by atoms with van der Waals surface area (Å²) in [6, 6.07) is 5.40. The molecule has 0 atom stereocenters. The molecule has 3 rings (SSSR count). The Hall–Kier alpha value is -2.08. The molecule has 0 radical (unpaired) electrons. The van der Waals surface area contributed by atoms with Crippen LogP contribution in [0.15, 0.2) is 27.4 Å². The molecule has 1 fully saturated rings. The monoisotopic (exact) mass is 275 g/mol. The van der Waals surface area contributed by atoms with Gasteiger partial charge in [0, 0.05) is 18.7 Å². The van der Waals surface area contributed by atoms with Crippen molar-refractivity contribution >= 4 is 22.7 Å². The predicted octanol–water partition coefficient (Wildman–Crippen LogP) is 1.48. The third-order valence-corrected chi connectivity index (χ3v) is 3.61. The van der Waals surface area contributed by atoms with Crippen LogP contribution >= 0.6 is 0 Å². The fraction of sp³-hybridized carbons (Fsp3) is 0.429. The number of hydrogen-bond acceptors (Lipinski definition) is 4. The summed E-state index contributed by atoms with van der Waals surface area (Å²) >= 11 is 0. The first-order valence-electron chi connectivity index (χ1n) is 6.78. The third-order valence-electron chi connectivity index (χ3n) is 3.61. The van der Waals surface area contributed by atoms with Gasteiger partial charge in [-0.1, -0.05) is 0 Å². The normalized spacial score (nSPS) is 16.4. The number of aromatic nitrogens is 1. The van der Waals surface area contributed by atoms with Gasteiger partial charge in [-0.25, -0.2) is 4.79 Å². The van der Waals surface area contributed by atoms with Gasteiger partial charge in [-0.15, -0.1) is 0 Å². The lowest BCUT2D eigenvalue weighted by Gasteiger charge is -2.23. The molecule has 1 aliphatic rings. The Kier molecular flexibility index (Phi) is 3.31. The van der Waals surface area contributed by atoms with E-state index in [0.717, 1.165) is 31.4 Å². The van der Waals surface area contributed by atoms with Gasteiger partial charge in [-0.2, -0.15) is 0 Å². The van der Waals surface area contributed by atoms with Crippen molar-refractivity contribution in [2.45, 2.75) is 25.8 Å². The molecule has 1 aliphatic heterocycles. The molecule has 0 unspecified atom stereocenters. The zero-order valence-electron chi connectivity index (χ0n) is 11.3. The Morgan fingerprint density at radius 2 is 2.15 bits per heavy atom. The van der Waals surface area contributed by atoms with Crippen molar-refractivity contribution in [2.75, 3.05) is 18.4 Å². The van der Waals surface area contributed by atoms with Crippen molar-refractivity contribution in [1.82, 2.24) is 9.88 Å². The number of amides is 1. The summed E-state index contributed by atoms with van der Waals surface area (Å²) in [6.07, 6.45) is 1.80. The van der Waals surface area contributed by atoms with Crippen LogP contribution in [0.2, 0.25) is 0 Å². The third kappa shape index (κ3) is 2.34. The summed E-state index contributed by atoms with van der Waals surface area (Å²) in [6.45, 7) is 3.25. The Morgan fingerprint density at radius 3 is 2.85 bits per heavy atom. The molecule has 2 N–H and O–H groups in total. The summed E-state index contributed by atoms with van der Waals surface area (Å²) < 4.78 is 7.00. The molecule has 1 saturated heterocycles. The first kappa shape index (κ1) is 12.9. The van der Waals surface area contributed by atoms with E-state index in [0.29, 0.717) is 11.3 Å². The molecule has 106 valence electrons. The highest BCUT2D eigenvalue weighted by Crippen LogP contribution is 2.25. The van der Waals surface area contributed by atoms with Gasteiger partial charge in [0.05, 0.1) is 5.52 Å².